The van der Waals surface area contributed by atoms with Gasteiger partial charge in [0, 0.05) is 17.5 Å². The van der Waals surface area contributed by atoms with Crippen molar-refractivity contribution in [2.24, 2.45) is 5.92 Å². The van der Waals surface area contributed by atoms with Crippen molar-refractivity contribution in [3.63, 3.8) is 0 Å². The van der Waals surface area contributed by atoms with Crippen LogP contribution >= 0.6 is 11.8 Å². The van der Waals surface area contributed by atoms with E-state index in [0.717, 1.165) is 5.92 Å². The minimum atomic E-state index is 0.582. The first-order valence-electron chi connectivity index (χ1n) is 7.82. The molecule has 1 saturated carbocycles. The predicted molar refractivity (Wildman–Crippen MR) is 84.5 cm³/mol. The van der Waals surface area contributed by atoms with E-state index >= 15 is 0 Å². The van der Waals surface area contributed by atoms with Gasteiger partial charge in [0.1, 0.15) is 0 Å². The number of thioether (sulfide) groups is 1. The summed E-state index contributed by atoms with van der Waals surface area (Å²) < 4.78 is 0. The van der Waals surface area contributed by atoms with E-state index in [-0.39, 0.29) is 0 Å². The summed E-state index contributed by atoms with van der Waals surface area (Å²) in [6, 6.07) is 9.54. The molecule has 1 fully saturated rings. The van der Waals surface area contributed by atoms with Gasteiger partial charge in [0.2, 0.25) is 0 Å². The predicted octanol–water partition coefficient (Wildman–Crippen LogP) is 4.53. The van der Waals surface area contributed by atoms with Gasteiger partial charge in [-0.1, -0.05) is 56.4 Å². The fourth-order valence-corrected chi connectivity index (χ4v) is 4.62. The van der Waals surface area contributed by atoms with Crippen LogP contribution in [0.4, 0.5) is 0 Å². The number of fused-ring (bicyclic) bond motifs is 1. The minimum Gasteiger partial charge on any atom is -0.309 e. The maximum atomic E-state index is 3.80. The zero-order chi connectivity index (χ0) is 12.9. The number of hydrogen-bond donors (Lipinski definition) is 1. The topological polar surface area (TPSA) is 12.0 Å². The summed E-state index contributed by atoms with van der Waals surface area (Å²) in [7, 11) is 0. The van der Waals surface area contributed by atoms with Crippen LogP contribution in [-0.2, 0) is 5.75 Å². The molecule has 1 aromatic rings. The maximum Gasteiger partial charge on any atom is 0.0415 e. The van der Waals surface area contributed by atoms with Gasteiger partial charge in [0.15, 0.2) is 0 Å². The second kappa shape index (κ2) is 6.81. The quantitative estimate of drug-likeness (QED) is 0.866. The molecule has 0 amide bonds. The summed E-state index contributed by atoms with van der Waals surface area (Å²) >= 11 is 2.07. The first kappa shape index (κ1) is 13.5. The smallest absolute Gasteiger partial charge is 0.0415 e. The molecule has 2 heteroatoms. The van der Waals surface area contributed by atoms with Gasteiger partial charge in [0.25, 0.3) is 0 Å². The van der Waals surface area contributed by atoms with Crippen molar-refractivity contribution in [1.29, 1.82) is 0 Å². The summed E-state index contributed by atoms with van der Waals surface area (Å²) in [6.45, 7) is 1.20. The van der Waals surface area contributed by atoms with Crippen molar-refractivity contribution in [1.82, 2.24) is 5.32 Å². The molecule has 2 aliphatic rings. The molecular formula is C17H25NS. The Labute approximate surface area is 121 Å². The van der Waals surface area contributed by atoms with E-state index in [4.69, 9.17) is 0 Å². The molecule has 1 atom stereocenters. The fraction of sp³-hybridized carbons (Fsp3) is 0.647. The van der Waals surface area contributed by atoms with Crippen LogP contribution < -0.4 is 5.32 Å². The van der Waals surface area contributed by atoms with Crippen molar-refractivity contribution in [3.05, 3.63) is 35.4 Å². The third-order valence-electron chi connectivity index (χ3n) is 4.64. The molecule has 1 N–H and O–H groups in total. The molecule has 0 saturated heterocycles. The first-order valence-corrected chi connectivity index (χ1v) is 8.98. The Kier molecular flexibility index (Phi) is 4.84. The first-order chi connectivity index (χ1) is 9.43. The highest BCUT2D eigenvalue weighted by molar-refractivity contribution is 7.98. The molecular weight excluding hydrogens is 250 g/mol. The van der Waals surface area contributed by atoms with Gasteiger partial charge in [0.05, 0.1) is 0 Å². The van der Waals surface area contributed by atoms with E-state index in [2.05, 4.69) is 41.3 Å². The normalized spacial score (nSPS) is 24.1. The van der Waals surface area contributed by atoms with Crippen LogP contribution in [0.15, 0.2) is 24.3 Å². The molecule has 1 nitrogen and oxygen atoms in total. The Hall–Kier alpha value is -0.470. The van der Waals surface area contributed by atoms with Gasteiger partial charge in [-0.2, -0.15) is 11.8 Å². The van der Waals surface area contributed by atoms with Crippen molar-refractivity contribution in [3.8, 4) is 0 Å². The van der Waals surface area contributed by atoms with E-state index in [9.17, 15) is 0 Å². The second-order valence-corrected chi connectivity index (χ2v) is 7.04. The minimum absolute atomic E-state index is 0.582. The molecule has 0 bridgehead atoms. The van der Waals surface area contributed by atoms with Gasteiger partial charge >= 0.3 is 0 Å². The Bertz CT molecular complexity index is 398. The molecule has 0 radical (unpaired) electrons. The Morgan fingerprint density at radius 2 is 1.95 bits per heavy atom. The van der Waals surface area contributed by atoms with Crippen LogP contribution in [0.3, 0.4) is 0 Å². The summed E-state index contributed by atoms with van der Waals surface area (Å²) in [6.07, 6.45) is 8.72. The zero-order valence-electron chi connectivity index (χ0n) is 11.7. The fourth-order valence-electron chi connectivity index (χ4n) is 3.49. The van der Waals surface area contributed by atoms with Crippen molar-refractivity contribution in [2.45, 2.75) is 50.3 Å². The Morgan fingerprint density at radius 3 is 2.84 bits per heavy atom. The van der Waals surface area contributed by atoms with Crippen molar-refractivity contribution in [2.75, 3.05) is 12.3 Å². The number of rotatable bonds is 4. The zero-order valence-corrected chi connectivity index (χ0v) is 12.6. The largest absolute Gasteiger partial charge is 0.309 e. The third kappa shape index (κ3) is 3.55. The molecule has 1 aliphatic carbocycles. The van der Waals surface area contributed by atoms with Crippen LogP contribution in [0, 0.1) is 5.92 Å². The van der Waals surface area contributed by atoms with E-state index in [1.165, 1.54) is 62.1 Å². The van der Waals surface area contributed by atoms with E-state index in [1.54, 1.807) is 5.56 Å². The lowest BCUT2D eigenvalue weighted by atomic mass is 9.87. The molecule has 104 valence electrons. The lowest BCUT2D eigenvalue weighted by molar-refractivity contribution is 0.329. The molecule has 1 aromatic carbocycles. The molecule has 1 unspecified atom stereocenters. The van der Waals surface area contributed by atoms with Crippen LogP contribution in [0.2, 0.25) is 0 Å². The number of benzene rings is 1. The average molecular weight is 275 g/mol. The van der Waals surface area contributed by atoms with Crippen LogP contribution in [0.1, 0.15) is 55.7 Å². The van der Waals surface area contributed by atoms with E-state index < -0.39 is 0 Å². The third-order valence-corrected chi connectivity index (χ3v) is 5.72. The SMILES string of the molecule is c1ccc2c(c1)CSCC2NCCC1CCCCC1. The maximum absolute atomic E-state index is 3.80. The average Bonchev–Trinajstić information content (AvgIpc) is 2.49. The van der Waals surface area contributed by atoms with Crippen LogP contribution in [-0.4, -0.2) is 12.3 Å². The van der Waals surface area contributed by atoms with Gasteiger partial charge in [-0.3, -0.25) is 0 Å². The van der Waals surface area contributed by atoms with Crippen LogP contribution in [0.5, 0.6) is 0 Å². The highest BCUT2D eigenvalue weighted by atomic mass is 32.2. The van der Waals surface area contributed by atoms with E-state index in [0.29, 0.717) is 6.04 Å². The highest BCUT2D eigenvalue weighted by Gasteiger charge is 2.20. The summed E-state index contributed by atoms with van der Waals surface area (Å²) in [5.41, 5.74) is 3.08. The van der Waals surface area contributed by atoms with E-state index in [1.807, 2.05) is 0 Å². The monoisotopic (exact) mass is 275 g/mol. The van der Waals surface area contributed by atoms with Gasteiger partial charge in [-0.15, -0.1) is 0 Å². The molecule has 0 aromatic heterocycles. The standard InChI is InChI=1S/C17H25NS/c1-2-6-14(7-3-1)10-11-18-17-13-19-12-15-8-4-5-9-16(15)17/h4-5,8-9,14,17-18H,1-3,6-7,10-13H2. The van der Waals surface area contributed by atoms with Gasteiger partial charge < -0.3 is 5.32 Å². The summed E-state index contributed by atoms with van der Waals surface area (Å²) in [5, 5.41) is 3.80. The van der Waals surface area contributed by atoms with Crippen LogP contribution in [0.25, 0.3) is 0 Å². The number of hydrogen-bond acceptors (Lipinski definition) is 2. The second-order valence-electron chi connectivity index (χ2n) is 6.01. The molecule has 1 heterocycles. The van der Waals surface area contributed by atoms with Gasteiger partial charge in [-0.05, 0) is 30.0 Å². The molecule has 1 aliphatic heterocycles. The Balaban J connectivity index is 1.50. The Morgan fingerprint density at radius 1 is 1.11 bits per heavy atom. The lowest BCUT2D eigenvalue weighted by Gasteiger charge is -2.27. The summed E-state index contributed by atoms with van der Waals surface area (Å²) in [4.78, 5) is 0. The highest BCUT2D eigenvalue weighted by Crippen LogP contribution is 2.32. The molecule has 3 rings (SSSR count). The lowest BCUT2D eigenvalue weighted by Crippen LogP contribution is -2.28. The molecule has 19 heavy (non-hydrogen) atoms. The van der Waals surface area contributed by atoms with Crippen molar-refractivity contribution >= 4 is 11.8 Å². The number of nitrogens with one attached hydrogen (secondary N) is 1. The molecule has 0 spiro atoms. The van der Waals surface area contributed by atoms with Gasteiger partial charge in [-0.25, -0.2) is 0 Å². The summed E-state index contributed by atoms with van der Waals surface area (Å²) in [5.74, 6) is 3.42. The van der Waals surface area contributed by atoms with Crippen molar-refractivity contribution < 1.29 is 0 Å².